The number of nitrogens with zero attached hydrogens (tertiary/aromatic N) is 1. The summed E-state index contributed by atoms with van der Waals surface area (Å²) >= 11 is 6.27. The fraction of sp³-hybridized carbons (Fsp3) is 0.0800. The van der Waals surface area contributed by atoms with Gasteiger partial charge in [-0.2, -0.15) is 0 Å². The standard InChI is InChI=1S/C25H19ClFN3O4/c26-20-12-17(8-11-22(20)34-15-23(31)28-19-4-2-1-3-5-19)13-21-24(32)30(25(33)29-21)14-16-6-9-18(27)10-7-16/h1-13H,14-15H2,(H,28,31)(H,29,33)/b21-13+. The van der Waals surface area contributed by atoms with Gasteiger partial charge in [0.05, 0.1) is 11.6 Å². The highest BCUT2D eigenvalue weighted by atomic mass is 35.5. The van der Waals surface area contributed by atoms with Crippen molar-refractivity contribution in [1.29, 1.82) is 0 Å². The van der Waals surface area contributed by atoms with E-state index in [2.05, 4.69) is 10.6 Å². The molecule has 0 unspecified atom stereocenters. The Morgan fingerprint density at radius 3 is 2.50 bits per heavy atom. The molecule has 0 atom stereocenters. The third-order valence-corrected chi connectivity index (χ3v) is 5.19. The lowest BCUT2D eigenvalue weighted by Gasteiger charge is -2.11. The van der Waals surface area contributed by atoms with Gasteiger partial charge in [-0.05, 0) is 53.6 Å². The van der Waals surface area contributed by atoms with E-state index >= 15 is 0 Å². The van der Waals surface area contributed by atoms with Crippen LogP contribution in [0.25, 0.3) is 6.08 Å². The SMILES string of the molecule is O=C(COc1ccc(/C=C2/NC(=O)N(Cc3ccc(F)cc3)C2=O)cc1Cl)Nc1ccccc1. The molecular formula is C25H19ClFN3O4. The number of benzene rings is 3. The zero-order valence-electron chi connectivity index (χ0n) is 17.8. The first kappa shape index (κ1) is 23.0. The topological polar surface area (TPSA) is 87.7 Å². The van der Waals surface area contributed by atoms with Gasteiger partial charge in [0.2, 0.25) is 0 Å². The summed E-state index contributed by atoms with van der Waals surface area (Å²) in [4.78, 5) is 38.0. The van der Waals surface area contributed by atoms with E-state index in [-0.39, 0.29) is 29.8 Å². The molecule has 0 bridgehead atoms. The van der Waals surface area contributed by atoms with E-state index in [9.17, 15) is 18.8 Å². The summed E-state index contributed by atoms with van der Waals surface area (Å²) in [6.07, 6.45) is 1.49. The Hall–Kier alpha value is -4.17. The molecule has 34 heavy (non-hydrogen) atoms. The first-order chi connectivity index (χ1) is 16.4. The highest BCUT2D eigenvalue weighted by molar-refractivity contribution is 6.32. The van der Waals surface area contributed by atoms with Crippen molar-refractivity contribution in [2.75, 3.05) is 11.9 Å². The first-order valence-corrected chi connectivity index (χ1v) is 10.6. The van der Waals surface area contributed by atoms with Crippen molar-refractivity contribution in [3.05, 3.63) is 100 Å². The lowest BCUT2D eigenvalue weighted by Crippen LogP contribution is -2.30. The molecule has 3 aromatic rings. The van der Waals surface area contributed by atoms with Crippen LogP contribution in [0.3, 0.4) is 0 Å². The van der Waals surface area contributed by atoms with Gasteiger partial charge in [-0.3, -0.25) is 14.5 Å². The normalized spacial score (nSPS) is 14.3. The van der Waals surface area contributed by atoms with Crippen LogP contribution in [0.15, 0.2) is 78.5 Å². The van der Waals surface area contributed by atoms with Crippen LogP contribution in [-0.4, -0.2) is 29.4 Å². The second kappa shape index (κ2) is 10.2. The fourth-order valence-electron chi connectivity index (χ4n) is 3.24. The fourth-order valence-corrected chi connectivity index (χ4v) is 3.48. The average Bonchev–Trinajstić information content (AvgIpc) is 3.08. The third kappa shape index (κ3) is 5.60. The number of hydrogen-bond donors (Lipinski definition) is 2. The Labute approximate surface area is 199 Å². The van der Waals surface area contributed by atoms with Gasteiger partial charge in [0.15, 0.2) is 6.61 Å². The maximum atomic E-state index is 13.1. The predicted octanol–water partition coefficient (Wildman–Crippen LogP) is 4.59. The van der Waals surface area contributed by atoms with Gasteiger partial charge in [0.25, 0.3) is 11.8 Å². The number of carbonyl (C=O) groups is 3. The summed E-state index contributed by atoms with van der Waals surface area (Å²) in [5.74, 6) is -0.952. The molecule has 4 rings (SSSR count). The number of para-hydroxylation sites is 1. The molecule has 3 aromatic carbocycles. The largest absolute Gasteiger partial charge is 0.482 e. The van der Waals surface area contributed by atoms with E-state index < -0.39 is 17.8 Å². The molecule has 2 N–H and O–H groups in total. The summed E-state index contributed by atoms with van der Waals surface area (Å²) < 4.78 is 18.6. The summed E-state index contributed by atoms with van der Waals surface area (Å²) in [7, 11) is 0. The first-order valence-electron chi connectivity index (χ1n) is 10.3. The van der Waals surface area contributed by atoms with Gasteiger partial charge in [0, 0.05) is 5.69 Å². The molecule has 0 saturated carbocycles. The number of nitrogens with one attached hydrogen (secondary N) is 2. The van der Waals surface area contributed by atoms with Crippen molar-refractivity contribution >= 4 is 41.2 Å². The van der Waals surface area contributed by atoms with Crippen molar-refractivity contribution < 1.29 is 23.5 Å². The molecule has 1 fully saturated rings. The van der Waals surface area contributed by atoms with Gasteiger partial charge in [0.1, 0.15) is 17.3 Å². The molecule has 172 valence electrons. The molecule has 0 spiro atoms. The van der Waals surface area contributed by atoms with Crippen molar-refractivity contribution in [2.24, 2.45) is 0 Å². The van der Waals surface area contributed by atoms with Crippen LogP contribution in [0.4, 0.5) is 14.9 Å². The number of rotatable bonds is 7. The molecule has 1 saturated heterocycles. The van der Waals surface area contributed by atoms with Gasteiger partial charge >= 0.3 is 6.03 Å². The molecule has 1 aliphatic rings. The number of imide groups is 1. The van der Waals surface area contributed by atoms with E-state index in [0.29, 0.717) is 22.6 Å². The highest BCUT2D eigenvalue weighted by Gasteiger charge is 2.33. The van der Waals surface area contributed by atoms with E-state index in [1.807, 2.05) is 6.07 Å². The monoisotopic (exact) mass is 479 g/mol. The zero-order chi connectivity index (χ0) is 24.1. The maximum absolute atomic E-state index is 13.1. The summed E-state index contributed by atoms with van der Waals surface area (Å²) in [5.41, 5.74) is 1.91. The number of halogens is 2. The molecule has 0 aromatic heterocycles. The molecule has 0 aliphatic carbocycles. The van der Waals surface area contributed by atoms with Gasteiger partial charge in [-0.15, -0.1) is 0 Å². The van der Waals surface area contributed by atoms with Crippen LogP contribution in [0.5, 0.6) is 5.75 Å². The van der Waals surface area contributed by atoms with Gasteiger partial charge in [-0.1, -0.05) is 48.0 Å². The molecule has 4 amide bonds. The summed E-state index contributed by atoms with van der Waals surface area (Å²) in [5, 5.41) is 5.47. The molecular weight excluding hydrogens is 461 g/mol. The lowest BCUT2D eigenvalue weighted by atomic mass is 10.1. The minimum Gasteiger partial charge on any atom is -0.482 e. The highest BCUT2D eigenvalue weighted by Crippen LogP contribution is 2.27. The third-order valence-electron chi connectivity index (χ3n) is 4.90. The Morgan fingerprint density at radius 1 is 1.06 bits per heavy atom. The molecule has 7 nitrogen and oxygen atoms in total. The van der Waals surface area contributed by atoms with Crippen molar-refractivity contribution in [2.45, 2.75) is 6.54 Å². The van der Waals surface area contributed by atoms with Crippen LogP contribution in [0, 0.1) is 5.82 Å². The molecule has 0 radical (unpaired) electrons. The van der Waals surface area contributed by atoms with Gasteiger partial charge < -0.3 is 15.4 Å². The van der Waals surface area contributed by atoms with Crippen LogP contribution in [0.2, 0.25) is 5.02 Å². The Balaban J connectivity index is 1.38. The van der Waals surface area contributed by atoms with Gasteiger partial charge in [-0.25, -0.2) is 9.18 Å². The van der Waals surface area contributed by atoms with E-state index in [1.54, 1.807) is 42.5 Å². The van der Waals surface area contributed by atoms with Crippen molar-refractivity contribution in [1.82, 2.24) is 10.2 Å². The predicted molar refractivity (Wildman–Crippen MR) is 125 cm³/mol. The smallest absolute Gasteiger partial charge is 0.329 e. The Morgan fingerprint density at radius 2 is 1.79 bits per heavy atom. The van der Waals surface area contributed by atoms with E-state index in [1.165, 1.54) is 30.3 Å². The average molecular weight is 480 g/mol. The Kier molecular flexibility index (Phi) is 6.89. The van der Waals surface area contributed by atoms with Crippen LogP contribution in [-0.2, 0) is 16.1 Å². The molecule has 1 aliphatic heterocycles. The minimum atomic E-state index is -0.573. The minimum absolute atomic E-state index is 0.0147. The zero-order valence-corrected chi connectivity index (χ0v) is 18.5. The summed E-state index contributed by atoms with van der Waals surface area (Å²) in [6, 6.07) is 18.7. The molecule has 9 heteroatoms. The van der Waals surface area contributed by atoms with E-state index in [0.717, 1.165) is 4.90 Å². The lowest BCUT2D eigenvalue weighted by molar-refractivity contribution is -0.123. The number of hydrogen-bond acceptors (Lipinski definition) is 4. The number of urea groups is 1. The second-order valence-corrected chi connectivity index (χ2v) is 7.81. The van der Waals surface area contributed by atoms with Crippen molar-refractivity contribution in [3.8, 4) is 5.75 Å². The number of carbonyl (C=O) groups excluding carboxylic acids is 3. The number of anilines is 1. The number of amides is 4. The van der Waals surface area contributed by atoms with Crippen molar-refractivity contribution in [3.63, 3.8) is 0 Å². The second-order valence-electron chi connectivity index (χ2n) is 7.40. The van der Waals surface area contributed by atoms with Crippen LogP contribution >= 0.6 is 11.6 Å². The summed E-state index contributed by atoms with van der Waals surface area (Å²) in [6.45, 7) is -0.219. The maximum Gasteiger partial charge on any atom is 0.329 e. The molecule has 1 heterocycles. The number of ether oxygens (including phenoxy) is 1. The Bertz CT molecular complexity index is 1260. The van der Waals surface area contributed by atoms with Crippen LogP contribution in [0.1, 0.15) is 11.1 Å². The quantitative estimate of drug-likeness (QED) is 0.383. The van der Waals surface area contributed by atoms with E-state index in [4.69, 9.17) is 16.3 Å². The van der Waals surface area contributed by atoms with Crippen LogP contribution < -0.4 is 15.4 Å².